The van der Waals surface area contributed by atoms with E-state index in [1.165, 1.54) is 18.5 Å². The van der Waals surface area contributed by atoms with Crippen LogP contribution in [0, 0.1) is 5.92 Å². The Bertz CT molecular complexity index is 625. The van der Waals surface area contributed by atoms with E-state index in [1.54, 1.807) is 18.5 Å². The highest BCUT2D eigenvalue weighted by Crippen LogP contribution is 2.23. The monoisotopic (exact) mass is 295 g/mol. The summed E-state index contributed by atoms with van der Waals surface area (Å²) in [5.74, 6) is 0.633. The Hall–Kier alpha value is -2.36. The second-order valence-corrected chi connectivity index (χ2v) is 5.94. The molecule has 1 aliphatic rings. The van der Waals surface area contributed by atoms with Crippen molar-refractivity contribution < 1.29 is 4.79 Å². The molecule has 1 saturated heterocycles. The van der Waals surface area contributed by atoms with Gasteiger partial charge in [0.1, 0.15) is 0 Å². The van der Waals surface area contributed by atoms with Gasteiger partial charge in [-0.2, -0.15) is 0 Å². The number of anilines is 2. The van der Waals surface area contributed by atoms with Crippen LogP contribution in [0.5, 0.6) is 0 Å². The molecule has 4 heteroatoms. The van der Waals surface area contributed by atoms with E-state index in [1.807, 2.05) is 30.3 Å². The molecule has 22 heavy (non-hydrogen) atoms. The maximum atomic E-state index is 12.2. The Morgan fingerprint density at radius 3 is 2.77 bits per heavy atom. The summed E-state index contributed by atoms with van der Waals surface area (Å²) in [4.78, 5) is 18.6. The number of pyridine rings is 1. The van der Waals surface area contributed by atoms with Crippen molar-refractivity contribution >= 4 is 17.3 Å². The zero-order valence-corrected chi connectivity index (χ0v) is 12.8. The number of rotatable bonds is 3. The molecule has 0 bridgehead atoms. The number of piperidine rings is 1. The van der Waals surface area contributed by atoms with E-state index in [4.69, 9.17) is 0 Å². The Balaban J connectivity index is 1.67. The van der Waals surface area contributed by atoms with E-state index in [0.717, 1.165) is 19.0 Å². The van der Waals surface area contributed by atoms with Crippen LogP contribution in [-0.4, -0.2) is 24.0 Å². The van der Waals surface area contributed by atoms with Crippen LogP contribution in [0.1, 0.15) is 30.1 Å². The molecule has 3 rings (SSSR count). The van der Waals surface area contributed by atoms with Crippen molar-refractivity contribution in [2.24, 2.45) is 5.92 Å². The molecule has 1 amide bonds. The molecule has 0 saturated carbocycles. The Morgan fingerprint density at radius 2 is 2.09 bits per heavy atom. The number of hydrogen-bond donors (Lipinski definition) is 1. The molecule has 4 nitrogen and oxygen atoms in total. The van der Waals surface area contributed by atoms with Crippen molar-refractivity contribution in [1.82, 2.24) is 4.98 Å². The van der Waals surface area contributed by atoms with Gasteiger partial charge in [0.05, 0.1) is 11.9 Å². The summed E-state index contributed by atoms with van der Waals surface area (Å²) in [6.45, 7) is 4.49. The van der Waals surface area contributed by atoms with Crippen LogP contribution in [0.25, 0.3) is 0 Å². The van der Waals surface area contributed by atoms with E-state index >= 15 is 0 Å². The van der Waals surface area contributed by atoms with Crippen molar-refractivity contribution in [1.29, 1.82) is 0 Å². The van der Waals surface area contributed by atoms with Gasteiger partial charge in [0.25, 0.3) is 5.91 Å². The van der Waals surface area contributed by atoms with Crippen LogP contribution >= 0.6 is 0 Å². The maximum absolute atomic E-state index is 12.2. The third kappa shape index (κ3) is 3.45. The normalized spacial score (nSPS) is 18.0. The molecule has 1 unspecified atom stereocenters. The van der Waals surface area contributed by atoms with E-state index in [0.29, 0.717) is 11.3 Å². The van der Waals surface area contributed by atoms with E-state index < -0.39 is 0 Å². The molecule has 1 atom stereocenters. The quantitative estimate of drug-likeness (QED) is 0.941. The second kappa shape index (κ2) is 6.60. The van der Waals surface area contributed by atoms with E-state index in [-0.39, 0.29) is 5.91 Å². The summed E-state index contributed by atoms with van der Waals surface area (Å²) in [5, 5.41) is 2.85. The third-order valence-electron chi connectivity index (χ3n) is 4.07. The minimum Gasteiger partial charge on any atom is -0.371 e. The number of carbonyl (C=O) groups excluding carboxylic acids is 1. The number of carbonyl (C=O) groups is 1. The fourth-order valence-electron chi connectivity index (χ4n) is 2.89. The summed E-state index contributed by atoms with van der Waals surface area (Å²) in [6.07, 6.45) is 5.87. The van der Waals surface area contributed by atoms with Crippen LogP contribution in [0.4, 0.5) is 11.4 Å². The molecule has 1 aromatic heterocycles. The summed E-state index contributed by atoms with van der Waals surface area (Å²) >= 11 is 0. The Kier molecular flexibility index (Phi) is 4.37. The smallest absolute Gasteiger partial charge is 0.255 e. The molecular weight excluding hydrogens is 274 g/mol. The number of nitrogens with zero attached hydrogens (tertiary/aromatic N) is 2. The first-order valence-electron chi connectivity index (χ1n) is 7.79. The summed E-state index contributed by atoms with van der Waals surface area (Å²) in [5.41, 5.74) is 2.57. The van der Waals surface area contributed by atoms with E-state index in [9.17, 15) is 4.79 Å². The lowest BCUT2D eigenvalue weighted by Crippen LogP contribution is -2.34. The van der Waals surface area contributed by atoms with Gasteiger partial charge in [-0.05, 0) is 55.2 Å². The van der Waals surface area contributed by atoms with E-state index in [2.05, 4.69) is 22.1 Å². The van der Waals surface area contributed by atoms with Gasteiger partial charge in [0, 0.05) is 30.5 Å². The average Bonchev–Trinajstić information content (AvgIpc) is 2.56. The zero-order chi connectivity index (χ0) is 15.4. The van der Waals surface area contributed by atoms with Crippen molar-refractivity contribution in [3.05, 3.63) is 54.4 Å². The lowest BCUT2D eigenvalue weighted by molar-refractivity contribution is 0.102. The second-order valence-electron chi connectivity index (χ2n) is 5.94. The number of hydrogen-bond acceptors (Lipinski definition) is 3. The van der Waals surface area contributed by atoms with Crippen LogP contribution in [0.2, 0.25) is 0 Å². The number of aromatic nitrogens is 1. The molecule has 0 aliphatic carbocycles. The van der Waals surface area contributed by atoms with Crippen LogP contribution < -0.4 is 10.2 Å². The molecule has 1 aromatic carbocycles. The van der Waals surface area contributed by atoms with Crippen molar-refractivity contribution in [3.8, 4) is 0 Å². The predicted molar refractivity (Wildman–Crippen MR) is 89.2 cm³/mol. The van der Waals surface area contributed by atoms with Crippen molar-refractivity contribution in [2.75, 3.05) is 23.3 Å². The fraction of sp³-hybridized carbons (Fsp3) is 0.333. The minimum atomic E-state index is -0.105. The third-order valence-corrected chi connectivity index (χ3v) is 4.07. The molecule has 0 radical (unpaired) electrons. The van der Waals surface area contributed by atoms with Crippen molar-refractivity contribution in [2.45, 2.75) is 19.8 Å². The first-order valence-corrected chi connectivity index (χ1v) is 7.79. The predicted octanol–water partition coefficient (Wildman–Crippen LogP) is 3.57. The number of amides is 1. The number of nitrogens with one attached hydrogen (secondary N) is 1. The molecule has 0 spiro atoms. The first-order chi connectivity index (χ1) is 10.7. The standard InChI is InChI=1S/C18H21N3O/c1-14-4-3-11-21(13-14)17-8-6-15(7-9-17)18(22)20-16-5-2-10-19-12-16/h2,5-10,12,14H,3-4,11,13H2,1H3,(H,20,22). The fourth-order valence-corrected chi connectivity index (χ4v) is 2.89. The molecule has 2 aromatic rings. The molecular formula is C18H21N3O. The average molecular weight is 295 g/mol. The lowest BCUT2D eigenvalue weighted by Gasteiger charge is -2.32. The molecule has 2 heterocycles. The summed E-state index contributed by atoms with van der Waals surface area (Å²) in [6, 6.07) is 11.5. The van der Waals surface area contributed by atoms with Crippen LogP contribution in [-0.2, 0) is 0 Å². The summed E-state index contributed by atoms with van der Waals surface area (Å²) < 4.78 is 0. The molecule has 114 valence electrons. The SMILES string of the molecule is CC1CCCN(c2ccc(C(=O)Nc3cccnc3)cc2)C1. The van der Waals surface area contributed by atoms with Gasteiger partial charge in [-0.3, -0.25) is 9.78 Å². The minimum absolute atomic E-state index is 0.105. The van der Waals surface area contributed by atoms with Crippen LogP contribution in [0.3, 0.4) is 0 Å². The highest BCUT2D eigenvalue weighted by atomic mass is 16.1. The van der Waals surface area contributed by atoms with Crippen LogP contribution in [0.15, 0.2) is 48.8 Å². The molecule has 1 fully saturated rings. The van der Waals surface area contributed by atoms with Gasteiger partial charge < -0.3 is 10.2 Å². The van der Waals surface area contributed by atoms with Gasteiger partial charge in [-0.15, -0.1) is 0 Å². The first kappa shape index (κ1) is 14.6. The lowest BCUT2D eigenvalue weighted by atomic mass is 9.99. The maximum Gasteiger partial charge on any atom is 0.255 e. The Morgan fingerprint density at radius 1 is 1.27 bits per heavy atom. The summed E-state index contributed by atoms with van der Waals surface area (Å²) in [7, 11) is 0. The van der Waals surface area contributed by atoms with Gasteiger partial charge in [-0.1, -0.05) is 6.92 Å². The van der Waals surface area contributed by atoms with Gasteiger partial charge in [0.2, 0.25) is 0 Å². The van der Waals surface area contributed by atoms with Gasteiger partial charge in [-0.25, -0.2) is 0 Å². The van der Waals surface area contributed by atoms with Gasteiger partial charge >= 0.3 is 0 Å². The highest BCUT2D eigenvalue weighted by Gasteiger charge is 2.16. The largest absolute Gasteiger partial charge is 0.371 e. The molecule has 1 N–H and O–H groups in total. The topological polar surface area (TPSA) is 45.2 Å². The Labute approximate surface area is 131 Å². The zero-order valence-electron chi connectivity index (χ0n) is 12.8. The molecule has 1 aliphatic heterocycles. The van der Waals surface area contributed by atoms with Gasteiger partial charge in [0.15, 0.2) is 0 Å². The highest BCUT2D eigenvalue weighted by molar-refractivity contribution is 6.04. The number of benzene rings is 1. The van der Waals surface area contributed by atoms with Crippen molar-refractivity contribution in [3.63, 3.8) is 0 Å².